The summed E-state index contributed by atoms with van der Waals surface area (Å²) in [4.78, 5) is 0. The molecule has 1 aliphatic heterocycles. The predicted octanol–water partition coefficient (Wildman–Crippen LogP) is 3.31. The minimum Gasteiger partial charge on any atom is -0.385 e. The summed E-state index contributed by atoms with van der Waals surface area (Å²) in [6, 6.07) is 5.10. The van der Waals surface area contributed by atoms with Crippen LogP contribution in [0.3, 0.4) is 0 Å². The van der Waals surface area contributed by atoms with Crippen LogP contribution >= 0.6 is 0 Å². The molecule has 100 valence electrons. The average Bonchev–Trinajstić information content (AvgIpc) is 2.75. The first-order valence-corrected chi connectivity index (χ1v) is 5.83. The zero-order valence-electron chi connectivity index (χ0n) is 10.00. The van der Waals surface area contributed by atoms with Crippen molar-refractivity contribution in [3.05, 3.63) is 35.4 Å². The Morgan fingerprint density at radius 3 is 2.56 bits per heavy atom. The molecule has 2 rings (SSSR count). The van der Waals surface area contributed by atoms with Gasteiger partial charge in [0.25, 0.3) is 0 Å². The molecular formula is C13H15F3O2. The summed E-state index contributed by atoms with van der Waals surface area (Å²) in [7, 11) is 0. The number of halogens is 3. The largest absolute Gasteiger partial charge is 0.416 e. The van der Waals surface area contributed by atoms with Gasteiger partial charge in [0, 0.05) is 6.61 Å². The summed E-state index contributed by atoms with van der Waals surface area (Å²) >= 11 is 0. The zero-order chi connectivity index (χ0) is 13.4. The highest BCUT2D eigenvalue weighted by molar-refractivity contribution is 5.33. The number of ether oxygens (including phenoxy) is 1. The fraction of sp³-hybridized carbons (Fsp3) is 0.538. The summed E-state index contributed by atoms with van der Waals surface area (Å²) in [5, 5.41) is 10.2. The Kier molecular flexibility index (Phi) is 3.38. The highest BCUT2D eigenvalue weighted by Crippen LogP contribution is 2.42. The number of aliphatic hydroxyl groups is 1. The smallest absolute Gasteiger partial charge is 0.385 e. The van der Waals surface area contributed by atoms with E-state index >= 15 is 0 Å². The van der Waals surface area contributed by atoms with Crippen LogP contribution in [0.15, 0.2) is 24.3 Å². The normalized spacial score (nSPS) is 26.3. The third kappa shape index (κ3) is 2.37. The van der Waals surface area contributed by atoms with Crippen LogP contribution in [0.1, 0.15) is 37.0 Å². The van der Waals surface area contributed by atoms with E-state index in [1.54, 1.807) is 6.92 Å². The van der Waals surface area contributed by atoms with E-state index in [0.717, 1.165) is 12.5 Å². The molecule has 0 spiro atoms. The van der Waals surface area contributed by atoms with E-state index in [4.69, 9.17) is 4.74 Å². The summed E-state index contributed by atoms with van der Waals surface area (Å²) in [5.41, 5.74) is -1.84. The maximum Gasteiger partial charge on any atom is 0.416 e. The van der Waals surface area contributed by atoms with Gasteiger partial charge in [-0.1, -0.05) is 18.2 Å². The number of alkyl halides is 3. The predicted molar refractivity (Wildman–Crippen MR) is 60.0 cm³/mol. The molecule has 1 saturated heterocycles. The molecular weight excluding hydrogens is 245 g/mol. The van der Waals surface area contributed by atoms with Gasteiger partial charge in [0.1, 0.15) is 6.10 Å². The van der Waals surface area contributed by atoms with Crippen LogP contribution in [0.25, 0.3) is 0 Å². The van der Waals surface area contributed by atoms with Gasteiger partial charge in [-0.3, -0.25) is 0 Å². The van der Waals surface area contributed by atoms with Gasteiger partial charge in [-0.15, -0.1) is 0 Å². The minimum absolute atomic E-state index is 0.116. The van der Waals surface area contributed by atoms with Crippen LogP contribution in [-0.2, 0) is 10.9 Å². The Bertz CT molecular complexity index is 422. The van der Waals surface area contributed by atoms with Crippen molar-refractivity contribution in [2.75, 3.05) is 6.61 Å². The fourth-order valence-corrected chi connectivity index (χ4v) is 2.34. The third-order valence-corrected chi connectivity index (χ3v) is 3.39. The molecule has 1 fully saturated rings. The topological polar surface area (TPSA) is 29.5 Å². The SMILES string of the molecule is CC1(C(O)c2ccccc2C(F)(F)F)CCCO1. The second-order valence-corrected chi connectivity index (χ2v) is 4.75. The zero-order valence-corrected chi connectivity index (χ0v) is 10.00. The van der Waals surface area contributed by atoms with Crippen LogP contribution in [0.5, 0.6) is 0 Å². The molecule has 1 N–H and O–H groups in total. The number of aliphatic hydroxyl groups excluding tert-OH is 1. The van der Waals surface area contributed by atoms with Crippen LogP contribution in [-0.4, -0.2) is 17.3 Å². The van der Waals surface area contributed by atoms with Crippen molar-refractivity contribution in [1.82, 2.24) is 0 Å². The second kappa shape index (κ2) is 4.55. The monoisotopic (exact) mass is 260 g/mol. The van der Waals surface area contributed by atoms with Gasteiger partial charge < -0.3 is 9.84 Å². The summed E-state index contributed by atoms with van der Waals surface area (Å²) in [6.45, 7) is 2.12. The van der Waals surface area contributed by atoms with Crippen molar-refractivity contribution >= 4 is 0 Å². The highest BCUT2D eigenvalue weighted by atomic mass is 19.4. The van der Waals surface area contributed by atoms with Crippen molar-refractivity contribution < 1.29 is 23.0 Å². The highest BCUT2D eigenvalue weighted by Gasteiger charge is 2.42. The van der Waals surface area contributed by atoms with Crippen molar-refractivity contribution in [3.8, 4) is 0 Å². The van der Waals surface area contributed by atoms with E-state index in [2.05, 4.69) is 0 Å². The molecule has 1 aromatic carbocycles. The molecule has 5 heteroatoms. The quantitative estimate of drug-likeness (QED) is 0.884. The number of hydrogen-bond donors (Lipinski definition) is 1. The lowest BCUT2D eigenvalue weighted by atomic mass is 9.88. The van der Waals surface area contributed by atoms with Crippen LogP contribution in [0, 0.1) is 0 Å². The fourth-order valence-electron chi connectivity index (χ4n) is 2.34. The maximum atomic E-state index is 12.9. The lowest BCUT2D eigenvalue weighted by molar-refractivity contribution is -0.142. The lowest BCUT2D eigenvalue weighted by Crippen LogP contribution is -2.33. The van der Waals surface area contributed by atoms with Gasteiger partial charge in [0.15, 0.2) is 0 Å². The molecule has 2 atom stereocenters. The van der Waals surface area contributed by atoms with Crippen molar-refractivity contribution in [1.29, 1.82) is 0 Å². The lowest BCUT2D eigenvalue weighted by Gasteiger charge is -2.31. The van der Waals surface area contributed by atoms with Gasteiger partial charge in [-0.05, 0) is 31.4 Å². The Labute approximate surface area is 103 Å². The summed E-state index contributed by atoms with van der Waals surface area (Å²) < 4.78 is 44.0. The van der Waals surface area contributed by atoms with Crippen LogP contribution < -0.4 is 0 Å². The van der Waals surface area contributed by atoms with Gasteiger partial charge in [-0.2, -0.15) is 13.2 Å². The van der Waals surface area contributed by atoms with Gasteiger partial charge >= 0.3 is 6.18 Å². The Morgan fingerprint density at radius 2 is 2.00 bits per heavy atom. The number of hydrogen-bond acceptors (Lipinski definition) is 2. The average molecular weight is 260 g/mol. The molecule has 0 radical (unpaired) electrons. The first-order chi connectivity index (χ1) is 8.34. The first-order valence-electron chi connectivity index (χ1n) is 5.83. The Morgan fingerprint density at radius 1 is 1.33 bits per heavy atom. The van der Waals surface area contributed by atoms with E-state index in [1.807, 2.05) is 0 Å². The molecule has 0 aliphatic carbocycles. The van der Waals surface area contributed by atoms with Crippen LogP contribution in [0.2, 0.25) is 0 Å². The van der Waals surface area contributed by atoms with Crippen molar-refractivity contribution in [2.45, 2.75) is 37.6 Å². The van der Waals surface area contributed by atoms with Crippen molar-refractivity contribution in [2.24, 2.45) is 0 Å². The Hall–Kier alpha value is -1.07. The van der Waals surface area contributed by atoms with E-state index in [9.17, 15) is 18.3 Å². The maximum absolute atomic E-state index is 12.9. The molecule has 0 amide bonds. The molecule has 2 unspecified atom stereocenters. The minimum atomic E-state index is -4.47. The molecule has 1 heterocycles. The molecule has 18 heavy (non-hydrogen) atoms. The molecule has 0 aromatic heterocycles. The molecule has 0 saturated carbocycles. The molecule has 1 aromatic rings. The van der Waals surface area contributed by atoms with E-state index in [1.165, 1.54) is 18.2 Å². The first kappa shape index (κ1) is 13.4. The van der Waals surface area contributed by atoms with Crippen LogP contribution in [0.4, 0.5) is 13.2 Å². The third-order valence-electron chi connectivity index (χ3n) is 3.39. The van der Waals surface area contributed by atoms with Crippen molar-refractivity contribution in [3.63, 3.8) is 0 Å². The molecule has 2 nitrogen and oxygen atoms in total. The van der Waals surface area contributed by atoms with E-state index in [-0.39, 0.29) is 5.56 Å². The second-order valence-electron chi connectivity index (χ2n) is 4.75. The molecule has 0 bridgehead atoms. The standard InChI is InChI=1S/C13H15F3O2/c1-12(7-4-8-18-12)11(17)9-5-2-3-6-10(9)13(14,15)16/h2-3,5-6,11,17H,4,7-8H2,1H3. The number of benzene rings is 1. The van der Waals surface area contributed by atoms with E-state index in [0.29, 0.717) is 13.0 Å². The summed E-state index contributed by atoms with van der Waals surface area (Å²) in [6.07, 6.45) is -4.42. The Balaban J connectivity index is 2.39. The molecule has 1 aliphatic rings. The van der Waals surface area contributed by atoms with Gasteiger partial charge in [-0.25, -0.2) is 0 Å². The summed E-state index contributed by atoms with van der Waals surface area (Å²) in [5.74, 6) is 0. The number of rotatable bonds is 2. The van der Waals surface area contributed by atoms with Gasteiger partial charge in [0.2, 0.25) is 0 Å². The van der Waals surface area contributed by atoms with E-state index < -0.39 is 23.4 Å². The van der Waals surface area contributed by atoms with Gasteiger partial charge in [0.05, 0.1) is 11.2 Å².